The first kappa shape index (κ1) is 18.0. The van der Waals surface area contributed by atoms with E-state index in [1.165, 1.54) is 4.52 Å². The number of nitrogens with one attached hydrogen (secondary N) is 2. The minimum absolute atomic E-state index is 0.206. The SMILES string of the molecule is CCc1cc2c(Nc3cc(C)[nH]n3)nc(C(F)(F)c3ccc(F)cc3)nn2c1. The van der Waals surface area contributed by atoms with Gasteiger partial charge in [0.15, 0.2) is 11.6 Å². The third-order valence-electron chi connectivity index (χ3n) is 4.37. The Hall–Kier alpha value is -3.36. The lowest BCUT2D eigenvalue weighted by atomic mass is 10.1. The molecular formula is C19H17F3N6. The van der Waals surface area contributed by atoms with Gasteiger partial charge in [0.2, 0.25) is 5.82 Å². The van der Waals surface area contributed by atoms with Crippen LogP contribution in [-0.2, 0) is 12.3 Å². The predicted molar refractivity (Wildman–Crippen MR) is 98.4 cm³/mol. The van der Waals surface area contributed by atoms with Gasteiger partial charge in [0.25, 0.3) is 0 Å². The Balaban J connectivity index is 1.85. The van der Waals surface area contributed by atoms with Crippen molar-refractivity contribution in [1.29, 1.82) is 0 Å². The van der Waals surface area contributed by atoms with Crippen molar-refractivity contribution in [2.24, 2.45) is 0 Å². The first-order valence-corrected chi connectivity index (χ1v) is 8.69. The van der Waals surface area contributed by atoms with E-state index in [2.05, 4.69) is 25.6 Å². The van der Waals surface area contributed by atoms with E-state index in [1.54, 1.807) is 12.3 Å². The fourth-order valence-electron chi connectivity index (χ4n) is 2.86. The van der Waals surface area contributed by atoms with Crippen LogP contribution in [0.1, 0.15) is 29.6 Å². The van der Waals surface area contributed by atoms with E-state index >= 15 is 8.78 Å². The average Bonchev–Trinajstić information content (AvgIpc) is 3.27. The Bertz CT molecular complexity index is 1130. The van der Waals surface area contributed by atoms with E-state index in [4.69, 9.17) is 0 Å². The molecule has 0 radical (unpaired) electrons. The van der Waals surface area contributed by atoms with Crippen LogP contribution >= 0.6 is 0 Å². The molecule has 0 saturated heterocycles. The largest absolute Gasteiger partial charge is 0.333 e. The fraction of sp³-hybridized carbons (Fsp3) is 0.211. The number of halogens is 3. The van der Waals surface area contributed by atoms with Crippen LogP contribution in [0.25, 0.3) is 5.52 Å². The Morgan fingerprint density at radius 3 is 2.57 bits per heavy atom. The van der Waals surface area contributed by atoms with Crippen LogP contribution in [0.4, 0.5) is 24.8 Å². The predicted octanol–water partition coefficient (Wildman–Crippen LogP) is 4.35. The van der Waals surface area contributed by atoms with Gasteiger partial charge in [0.1, 0.15) is 11.3 Å². The molecule has 3 aromatic heterocycles. The molecule has 0 aliphatic heterocycles. The van der Waals surface area contributed by atoms with Crippen molar-refractivity contribution in [2.45, 2.75) is 26.2 Å². The van der Waals surface area contributed by atoms with Gasteiger partial charge in [-0.3, -0.25) is 5.10 Å². The molecule has 0 spiro atoms. The number of fused-ring (bicyclic) bond motifs is 1. The Kier molecular flexibility index (Phi) is 4.29. The Morgan fingerprint density at radius 1 is 1.18 bits per heavy atom. The van der Waals surface area contributed by atoms with Crippen LogP contribution in [0.15, 0.2) is 42.6 Å². The fourth-order valence-corrected chi connectivity index (χ4v) is 2.86. The van der Waals surface area contributed by atoms with E-state index in [-0.39, 0.29) is 5.82 Å². The zero-order valence-corrected chi connectivity index (χ0v) is 15.2. The van der Waals surface area contributed by atoms with Crippen LogP contribution < -0.4 is 5.32 Å². The van der Waals surface area contributed by atoms with E-state index in [0.717, 1.165) is 35.5 Å². The van der Waals surface area contributed by atoms with E-state index in [0.29, 0.717) is 17.8 Å². The van der Waals surface area contributed by atoms with Crippen LogP contribution in [0.5, 0.6) is 0 Å². The molecule has 0 amide bonds. The van der Waals surface area contributed by atoms with Crippen molar-refractivity contribution in [2.75, 3.05) is 5.32 Å². The summed E-state index contributed by atoms with van der Waals surface area (Å²) >= 11 is 0. The van der Waals surface area contributed by atoms with Crippen molar-refractivity contribution >= 4 is 17.2 Å². The molecule has 9 heteroatoms. The molecule has 0 aliphatic carbocycles. The highest BCUT2D eigenvalue weighted by Gasteiger charge is 2.39. The Morgan fingerprint density at radius 2 is 1.93 bits per heavy atom. The average molecular weight is 386 g/mol. The minimum Gasteiger partial charge on any atom is -0.322 e. The van der Waals surface area contributed by atoms with Crippen molar-refractivity contribution in [1.82, 2.24) is 24.8 Å². The summed E-state index contributed by atoms with van der Waals surface area (Å²) < 4.78 is 44.6. The molecule has 1 aromatic carbocycles. The molecule has 28 heavy (non-hydrogen) atoms. The lowest BCUT2D eigenvalue weighted by Crippen LogP contribution is -2.21. The molecule has 6 nitrogen and oxygen atoms in total. The third-order valence-corrected chi connectivity index (χ3v) is 4.37. The van der Waals surface area contributed by atoms with Gasteiger partial charge >= 0.3 is 5.92 Å². The van der Waals surface area contributed by atoms with Gasteiger partial charge in [-0.2, -0.15) is 13.9 Å². The van der Waals surface area contributed by atoms with Crippen molar-refractivity contribution in [3.05, 3.63) is 71.1 Å². The summed E-state index contributed by atoms with van der Waals surface area (Å²) in [5, 5.41) is 13.8. The molecule has 0 atom stereocenters. The molecule has 0 fully saturated rings. The second-order valence-corrected chi connectivity index (χ2v) is 6.46. The molecule has 0 bridgehead atoms. The highest BCUT2D eigenvalue weighted by molar-refractivity contribution is 5.73. The summed E-state index contributed by atoms with van der Waals surface area (Å²) in [6, 6.07) is 7.60. The second kappa shape index (κ2) is 6.66. The maximum absolute atomic E-state index is 15.0. The van der Waals surface area contributed by atoms with Gasteiger partial charge in [0.05, 0.1) is 0 Å². The van der Waals surface area contributed by atoms with Crippen molar-refractivity contribution in [3.8, 4) is 0 Å². The number of nitrogens with zero attached hydrogens (tertiary/aromatic N) is 4. The number of hydrogen-bond donors (Lipinski definition) is 2. The topological polar surface area (TPSA) is 70.9 Å². The maximum Gasteiger partial charge on any atom is 0.333 e. The smallest absolute Gasteiger partial charge is 0.322 e. The highest BCUT2D eigenvalue weighted by atomic mass is 19.3. The number of hydrogen-bond acceptors (Lipinski definition) is 4. The number of H-pyrrole nitrogens is 1. The summed E-state index contributed by atoms with van der Waals surface area (Å²) in [5.74, 6) is -4.13. The summed E-state index contributed by atoms with van der Waals surface area (Å²) in [6.07, 6.45) is 2.40. The zero-order valence-electron chi connectivity index (χ0n) is 15.2. The Labute approximate surface area is 158 Å². The monoisotopic (exact) mass is 386 g/mol. The molecule has 0 aliphatic rings. The number of aryl methyl sites for hydroxylation is 2. The number of aromatic nitrogens is 5. The van der Waals surface area contributed by atoms with E-state index in [9.17, 15) is 4.39 Å². The normalized spacial score (nSPS) is 11.9. The van der Waals surface area contributed by atoms with Gasteiger partial charge in [-0.25, -0.2) is 13.9 Å². The molecular weight excluding hydrogens is 369 g/mol. The summed E-state index contributed by atoms with van der Waals surface area (Å²) in [6.45, 7) is 3.79. The van der Waals surface area contributed by atoms with Gasteiger partial charge in [-0.1, -0.05) is 6.92 Å². The molecule has 0 unspecified atom stereocenters. The second-order valence-electron chi connectivity index (χ2n) is 6.46. The van der Waals surface area contributed by atoms with E-state index < -0.39 is 23.1 Å². The molecule has 0 saturated carbocycles. The number of rotatable bonds is 5. The quantitative estimate of drug-likeness (QED) is 0.535. The standard InChI is InChI=1S/C19H17F3N6/c1-3-12-9-15-17(23-16-8-11(2)25-26-16)24-18(27-28(15)10-12)19(21,22)13-4-6-14(20)7-5-13/h4-10H,3H2,1-2H3,(H2,23,24,25,26,27). The highest BCUT2D eigenvalue weighted by Crippen LogP contribution is 2.35. The number of alkyl halides is 2. The van der Waals surface area contributed by atoms with Crippen LogP contribution in [0, 0.1) is 12.7 Å². The first-order valence-electron chi connectivity index (χ1n) is 8.69. The van der Waals surface area contributed by atoms with Crippen LogP contribution in [-0.4, -0.2) is 24.8 Å². The molecule has 144 valence electrons. The molecule has 3 heterocycles. The van der Waals surface area contributed by atoms with Gasteiger partial charge < -0.3 is 5.32 Å². The minimum atomic E-state index is -3.50. The van der Waals surface area contributed by atoms with Gasteiger partial charge in [-0.05, 0) is 49.2 Å². The number of benzene rings is 1. The lowest BCUT2D eigenvalue weighted by molar-refractivity contribution is 0.0315. The molecule has 2 N–H and O–H groups in total. The van der Waals surface area contributed by atoms with Crippen LogP contribution in [0.2, 0.25) is 0 Å². The van der Waals surface area contributed by atoms with Crippen molar-refractivity contribution in [3.63, 3.8) is 0 Å². The first-order chi connectivity index (χ1) is 13.4. The summed E-state index contributed by atoms with van der Waals surface area (Å²) in [4.78, 5) is 4.08. The third kappa shape index (κ3) is 3.19. The molecule has 4 aromatic rings. The number of aromatic amines is 1. The van der Waals surface area contributed by atoms with Crippen LogP contribution in [0.3, 0.4) is 0 Å². The molecule has 4 rings (SSSR count). The van der Waals surface area contributed by atoms with Gasteiger partial charge in [-0.15, -0.1) is 5.10 Å². The zero-order chi connectivity index (χ0) is 19.9. The van der Waals surface area contributed by atoms with Crippen molar-refractivity contribution < 1.29 is 13.2 Å². The van der Waals surface area contributed by atoms with Gasteiger partial charge in [0, 0.05) is 23.5 Å². The van der Waals surface area contributed by atoms with E-state index in [1.807, 2.05) is 19.9 Å². The maximum atomic E-state index is 15.0. The number of anilines is 2. The summed E-state index contributed by atoms with van der Waals surface area (Å²) in [7, 11) is 0. The summed E-state index contributed by atoms with van der Waals surface area (Å²) in [5.41, 5.74) is 1.90. The lowest BCUT2D eigenvalue weighted by Gasteiger charge is -2.16.